The maximum absolute atomic E-state index is 13.9. The first-order valence-electron chi connectivity index (χ1n) is 13.6. The van der Waals surface area contributed by atoms with Gasteiger partial charge in [-0.25, -0.2) is 13.2 Å². The minimum atomic E-state index is -0.983. The minimum absolute atomic E-state index is 0.0509. The third kappa shape index (κ3) is 6.68. The predicted octanol–water partition coefficient (Wildman–Crippen LogP) is 4.35. The van der Waals surface area contributed by atoms with Crippen molar-refractivity contribution in [1.29, 1.82) is 5.26 Å². The van der Waals surface area contributed by atoms with Gasteiger partial charge in [-0.05, 0) is 93.7 Å². The van der Waals surface area contributed by atoms with Crippen molar-refractivity contribution in [2.45, 2.75) is 50.5 Å². The highest BCUT2D eigenvalue weighted by Crippen LogP contribution is 2.38. The number of likely N-dealkylation sites (tertiary alicyclic amines) is 2. The van der Waals surface area contributed by atoms with Gasteiger partial charge in [-0.15, -0.1) is 0 Å². The zero-order chi connectivity index (χ0) is 28.1. The van der Waals surface area contributed by atoms with E-state index < -0.39 is 29.3 Å². The van der Waals surface area contributed by atoms with Crippen LogP contribution in [0.5, 0.6) is 0 Å². The number of piperidine rings is 2. The Morgan fingerprint density at radius 1 is 1.10 bits per heavy atom. The molecule has 0 aliphatic carbocycles. The van der Waals surface area contributed by atoms with Gasteiger partial charge < -0.3 is 15.1 Å². The molecule has 3 unspecified atom stereocenters. The number of Topliss-reactive ketones (excluding diaryl/α,β-unsaturated/α-hetero) is 1. The molecule has 9 heteroatoms. The van der Waals surface area contributed by atoms with Crippen molar-refractivity contribution >= 4 is 11.7 Å². The van der Waals surface area contributed by atoms with Crippen LogP contribution in [0, 0.1) is 34.7 Å². The summed E-state index contributed by atoms with van der Waals surface area (Å²) >= 11 is 0. The van der Waals surface area contributed by atoms with E-state index in [0.29, 0.717) is 17.7 Å². The summed E-state index contributed by atoms with van der Waals surface area (Å²) in [7, 11) is 1.67. The molecule has 2 aromatic carbocycles. The van der Waals surface area contributed by atoms with E-state index in [2.05, 4.69) is 16.3 Å². The molecule has 0 saturated carbocycles. The molecule has 1 N–H and O–H groups in total. The van der Waals surface area contributed by atoms with Gasteiger partial charge in [0.2, 0.25) is 5.91 Å². The van der Waals surface area contributed by atoms with Crippen molar-refractivity contribution in [2.75, 3.05) is 39.8 Å². The van der Waals surface area contributed by atoms with E-state index in [1.807, 2.05) is 6.92 Å². The van der Waals surface area contributed by atoms with E-state index in [-0.39, 0.29) is 36.6 Å². The summed E-state index contributed by atoms with van der Waals surface area (Å²) in [5, 5.41) is 12.6. The molecule has 2 fully saturated rings. The number of hydrogen-bond donors (Lipinski definition) is 1. The van der Waals surface area contributed by atoms with Crippen molar-refractivity contribution in [3.63, 3.8) is 0 Å². The summed E-state index contributed by atoms with van der Waals surface area (Å²) in [6.45, 7) is 5.26. The number of nitrogens with one attached hydrogen (secondary N) is 1. The number of nitrogens with zero attached hydrogens (tertiary/aromatic N) is 3. The Morgan fingerprint density at radius 2 is 1.85 bits per heavy atom. The maximum atomic E-state index is 13.9. The van der Waals surface area contributed by atoms with E-state index in [1.165, 1.54) is 18.2 Å². The van der Waals surface area contributed by atoms with Gasteiger partial charge in [0, 0.05) is 31.3 Å². The van der Waals surface area contributed by atoms with Crippen molar-refractivity contribution in [1.82, 2.24) is 15.1 Å². The normalized spacial score (nSPS) is 22.6. The van der Waals surface area contributed by atoms with Crippen LogP contribution in [0.4, 0.5) is 13.2 Å². The van der Waals surface area contributed by atoms with E-state index >= 15 is 0 Å². The summed E-state index contributed by atoms with van der Waals surface area (Å²) in [6, 6.07) is 9.80. The topological polar surface area (TPSA) is 76.4 Å². The van der Waals surface area contributed by atoms with Gasteiger partial charge in [0.25, 0.3) is 0 Å². The Hall–Kier alpha value is -3.22. The van der Waals surface area contributed by atoms with Crippen LogP contribution in [0.3, 0.4) is 0 Å². The van der Waals surface area contributed by atoms with Crippen molar-refractivity contribution in [3.8, 4) is 6.07 Å². The molecule has 2 heterocycles. The summed E-state index contributed by atoms with van der Waals surface area (Å²) in [6.07, 6.45) is 2.74. The Labute approximate surface area is 227 Å². The van der Waals surface area contributed by atoms with Crippen LogP contribution in [0.1, 0.15) is 61.1 Å². The maximum Gasteiger partial charge on any atom is 0.223 e. The molecular weight excluding hydrogens is 505 g/mol. The molecule has 2 aliphatic heterocycles. The van der Waals surface area contributed by atoms with Gasteiger partial charge in [0.15, 0.2) is 17.4 Å². The molecule has 208 valence electrons. The molecular formula is C30H35F3N4O2. The number of halogens is 3. The highest BCUT2D eigenvalue weighted by molar-refractivity contribution is 5.88. The second-order valence-corrected chi connectivity index (χ2v) is 10.7. The average Bonchev–Trinajstić information content (AvgIpc) is 2.93. The van der Waals surface area contributed by atoms with Gasteiger partial charge in [-0.1, -0.05) is 12.1 Å². The highest BCUT2D eigenvalue weighted by Gasteiger charge is 2.42. The summed E-state index contributed by atoms with van der Waals surface area (Å²) < 4.78 is 40.9. The average molecular weight is 541 g/mol. The zero-order valence-corrected chi connectivity index (χ0v) is 22.4. The Balaban J connectivity index is 1.25. The molecule has 0 spiro atoms. The van der Waals surface area contributed by atoms with Crippen molar-refractivity contribution < 1.29 is 22.8 Å². The van der Waals surface area contributed by atoms with Gasteiger partial charge in [0.1, 0.15) is 5.82 Å². The molecule has 2 aliphatic rings. The fourth-order valence-electron chi connectivity index (χ4n) is 6.03. The molecule has 0 bridgehead atoms. The van der Waals surface area contributed by atoms with E-state index in [1.54, 1.807) is 18.0 Å². The van der Waals surface area contributed by atoms with Gasteiger partial charge in [0.05, 0.1) is 18.2 Å². The van der Waals surface area contributed by atoms with Crippen LogP contribution in [-0.4, -0.2) is 67.3 Å². The Kier molecular flexibility index (Phi) is 9.41. The first-order chi connectivity index (χ1) is 18.7. The molecule has 2 saturated heterocycles. The van der Waals surface area contributed by atoms with E-state index in [0.717, 1.165) is 56.6 Å². The number of rotatable bonds is 9. The molecule has 39 heavy (non-hydrogen) atoms. The van der Waals surface area contributed by atoms with Crippen LogP contribution >= 0.6 is 0 Å². The molecule has 0 aromatic heterocycles. The van der Waals surface area contributed by atoms with Gasteiger partial charge in [-0.2, -0.15) is 5.26 Å². The molecule has 3 atom stereocenters. The third-order valence-electron chi connectivity index (χ3n) is 8.39. The number of carbonyl (C=O) groups excluding carboxylic acids is 2. The number of nitriles is 1. The van der Waals surface area contributed by atoms with E-state index in [9.17, 15) is 28.0 Å². The number of amides is 1. The molecule has 4 rings (SSSR count). The number of carbonyl (C=O) groups is 2. The number of benzene rings is 2. The smallest absolute Gasteiger partial charge is 0.223 e. The molecule has 6 nitrogen and oxygen atoms in total. The Bertz CT molecular complexity index is 1240. The second-order valence-electron chi connectivity index (χ2n) is 10.7. The SMILES string of the molecule is CC1C(C(=O)CNCCCN2CCC(c3ccc(F)cc3C#N)CC2)C(c2ccc(F)c(F)c2)CC(=O)N1C. The monoisotopic (exact) mass is 540 g/mol. The van der Waals surface area contributed by atoms with Crippen molar-refractivity contribution in [3.05, 3.63) is 70.5 Å². The van der Waals surface area contributed by atoms with Crippen molar-refractivity contribution in [2.24, 2.45) is 5.92 Å². The van der Waals surface area contributed by atoms with Crippen LogP contribution in [0.25, 0.3) is 0 Å². The van der Waals surface area contributed by atoms with Crippen LogP contribution < -0.4 is 5.32 Å². The lowest BCUT2D eigenvalue weighted by molar-refractivity contribution is -0.141. The zero-order valence-electron chi connectivity index (χ0n) is 22.4. The van der Waals surface area contributed by atoms with Gasteiger partial charge in [-0.3, -0.25) is 9.59 Å². The van der Waals surface area contributed by atoms with E-state index in [4.69, 9.17) is 0 Å². The third-order valence-corrected chi connectivity index (χ3v) is 8.39. The quantitative estimate of drug-likeness (QED) is 0.479. The minimum Gasteiger partial charge on any atom is -0.342 e. The van der Waals surface area contributed by atoms with Gasteiger partial charge >= 0.3 is 0 Å². The lowest BCUT2D eigenvalue weighted by Crippen LogP contribution is -2.52. The molecule has 0 radical (unpaired) electrons. The highest BCUT2D eigenvalue weighted by atomic mass is 19.2. The summed E-state index contributed by atoms with van der Waals surface area (Å²) in [4.78, 5) is 29.7. The summed E-state index contributed by atoms with van der Waals surface area (Å²) in [5.74, 6) is -3.28. The Morgan fingerprint density at radius 3 is 2.54 bits per heavy atom. The molecule has 2 aromatic rings. The second kappa shape index (κ2) is 12.8. The van der Waals surface area contributed by atoms with Crippen LogP contribution in [-0.2, 0) is 9.59 Å². The standard InChI is InChI=1S/C30H35F3N4O2/c1-19-30(25(16-29(39)36(19)2)21-4-7-26(32)27(33)15-21)28(38)18-35-10-3-11-37-12-8-20(9-13-37)24-6-5-23(31)14-22(24)17-34/h4-7,14-15,19-20,25,30,35H,3,8-13,16,18H2,1-2H3. The largest absolute Gasteiger partial charge is 0.342 e. The number of hydrogen-bond acceptors (Lipinski definition) is 5. The number of ketones is 1. The first-order valence-corrected chi connectivity index (χ1v) is 13.6. The fourth-order valence-corrected chi connectivity index (χ4v) is 6.03. The lowest BCUT2D eigenvalue weighted by Gasteiger charge is -2.41. The lowest BCUT2D eigenvalue weighted by atomic mass is 9.74. The molecule has 1 amide bonds. The summed E-state index contributed by atoms with van der Waals surface area (Å²) in [5.41, 5.74) is 1.80. The fraction of sp³-hybridized carbons (Fsp3) is 0.500. The van der Waals surface area contributed by atoms with Crippen LogP contribution in [0.2, 0.25) is 0 Å². The first kappa shape index (κ1) is 28.8. The van der Waals surface area contributed by atoms with Crippen LogP contribution in [0.15, 0.2) is 36.4 Å². The predicted molar refractivity (Wildman–Crippen MR) is 141 cm³/mol.